The van der Waals surface area contributed by atoms with Gasteiger partial charge in [0.2, 0.25) is 0 Å². The van der Waals surface area contributed by atoms with Crippen molar-refractivity contribution in [3.63, 3.8) is 0 Å². The number of benzene rings is 4. The molecule has 0 N–H and O–H groups in total. The Bertz CT molecular complexity index is 1490. The lowest BCUT2D eigenvalue weighted by molar-refractivity contribution is -0.918. The van der Waals surface area contributed by atoms with E-state index in [-0.39, 0.29) is 5.92 Å². The smallest absolute Gasteiger partial charge is 0.122 e. The first-order valence-electron chi connectivity index (χ1n) is 15.5. The minimum Gasteiger partial charge on any atom is -0.493 e. The van der Waals surface area contributed by atoms with Crippen molar-refractivity contribution in [2.24, 2.45) is 5.92 Å². The molecule has 3 heterocycles. The third-order valence-corrected chi connectivity index (χ3v) is 10.1. The summed E-state index contributed by atoms with van der Waals surface area (Å²) in [5.74, 6) is 2.33. The van der Waals surface area contributed by atoms with E-state index >= 15 is 0 Å². The van der Waals surface area contributed by atoms with Gasteiger partial charge in [0.25, 0.3) is 0 Å². The quantitative estimate of drug-likeness (QED) is 0.216. The topological polar surface area (TPSA) is 42.2 Å². The van der Waals surface area contributed by atoms with Gasteiger partial charge in [-0.15, -0.1) is 0 Å². The van der Waals surface area contributed by atoms with E-state index in [1.54, 1.807) is 0 Å². The fourth-order valence-electron chi connectivity index (χ4n) is 7.74. The Hall–Kier alpha value is -4.07. The standard InChI is InChI=1S/C38H39N2O2/c39-28-38(33-7-3-1-4-8-33,34-9-5-2-6-10-34)35-17-22-40(27-35,20-15-29-11-13-36-31(25-29)18-23-41-36)21-16-30-12-14-37-32(26-30)19-24-42-37/h1-14,25-26,35H,15-24,27H2/q+1/t35-/m1/s1. The molecule has 0 saturated carbocycles. The fraction of sp³-hybridized carbons (Fsp3) is 0.342. The predicted molar refractivity (Wildman–Crippen MR) is 166 cm³/mol. The van der Waals surface area contributed by atoms with E-state index in [1.807, 2.05) is 0 Å². The molecule has 4 aromatic carbocycles. The number of fused-ring (bicyclic) bond motifs is 2. The maximum Gasteiger partial charge on any atom is 0.122 e. The van der Waals surface area contributed by atoms with Crippen molar-refractivity contribution in [2.45, 2.75) is 37.5 Å². The van der Waals surface area contributed by atoms with E-state index in [9.17, 15) is 5.26 Å². The molecule has 0 spiro atoms. The van der Waals surface area contributed by atoms with Crippen LogP contribution < -0.4 is 9.47 Å². The average Bonchev–Trinajstić information content (AvgIpc) is 3.81. The van der Waals surface area contributed by atoms with Gasteiger partial charge in [-0.2, -0.15) is 5.26 Å². The van der Waals surface area contributed by atoms with Crippen molar-refractivity contribution in [3.8, 4) is 17.6 Å². The summed E-state index contributed by atoms with van der Waals surface area (Å²) in [4.78, 5) is 0. The van der Waals surface area contributed by atoms with Gasteiger partial charge in [0.15, 0.2) is 0 Å². The fourth-order valence-corrected chi connectivity index (χ4v) is 7.74. The Morgan fingerprint density at radius 1 is 0.714 bits per heavy atom. The molecule has 4 aromatic rings. The lowest BCUT2D eigenvalue weighted by atomic mass is 9.66. The van der Waals surface area contributed by atoms with E-state index in [0.717, 1.165) is 98.6 Å². The number of likely N-dealkylation sites (tertiary alicyclic amines) is 1. The highest BCUT2D eigenvalue weighted by atomic mass is 16.5. The summed E-state index contributed by atoms with van der Waals surface area (Å²) in [5, 5.41) is 11.0. The van der Waals surface area contributed by atoms with Crippen molar-refractivity contribution in [3.05, 3.63) is 130 Å². The van der Waals surface area contributed by atoms with Crippen molar-refractivity contribution >= 4 is 0 Å². The Morgan fingerprint density at radius 3 is 1.74 bits per heavy atom. The summed E-state index contributed by atoms with van der Waals surface area (Å²) in [5.41, 5.74) is 7.03. The molecule has 4 heteroatoms. The van der Waals surface area contributed by atoms with Gasteiger partial charge in [-0.1, -0.05) is 84.9 Å². The van der Waals surface area contributed by atoms with Crippen LogP contribution in [0.5, 0.6) is 11.5 Å². The zero-order valence-corrected chi connectivity index (χ0v) is 24.3. The van der Waals surface area contributed by atoms with Crippen molar-refractivity contribution in [1.29, 1.82) is 5.26 Å². The molecule has 0 aliphatic carbocycles. The average molecular weight is 556 g/mol. The molecule has 1 saturated heterocycles. The number of hydrogen-bond donors (Lipinski definition) is 0. The van der Waals surface area contributed by atoms with Crippen LogP contribution in [0.1, 0.15) is 39.8 Å². The second-order valence-corrected chi connectivity index (χ2v) is 12.4. The molecule has 42 heavy (non-hydrogen) atoms. The first-order chi connectivity index (χ1) is 20.7. The molecular formula is C38H39N2O2+. The minimum absolute atomic E-state index is 0.231. The van der Waals surface area contributed by atoms with Crippen LogP contribution in [-0.4, -0.2) is 43.9 Å². The van der Waals surface area contributed by atoms with Crippen LogP contribution in [0.4, 0.5) is 0 Å². The first-order valence-corrected chi connectivity index (χ1v) is 15.5. The van der Waals surface area contributed by atoms with Crippen LogP contribution in [0.25, 0.3) is 0 Å². The summed E-state index contributed by atoms with van der Waals surface area (Å²) >= 11 is 0. The van der Waals surface area contributed by atoms with Gasteiger partial charge in [-0.3, -0.25) is 0 Å². The van der Waals surface area contributed by atoms with Gasteiger partial charge in [0.05, 0.1) is 45.5 Å². The van der Waals surface area contributed by atoms with Gasteiger partial charge in [0, 0.05) is 38.0 Å². The van der Waals surface area contributed by atoms with Crippen LogP contribution in [0.3, 0.4) is 0 Å². The SMILES string of the molecule is N#CC(c1ccccc1)(c1ccccc1)[C@@H]1CC[N+](CCc2ccc3c(c2)CCO3)(CCc2ccc3c(c2)CCO3)C1. The zero-order valence-electron chi connectivity index (χ0n) is 24.3. The molecule has 4 nitrogen and oxygen atoms in total. The summed E-state index contributed by atoms with van der Waals surface area (Å²) in [6, 6.07) is 37.5. The molecule has 1 fully saturated rings. The summed E-state index contributed by atoms with van der Waals surface area (Å²) in [6.07, 6.45) is 5.12. The van der Waals surface area contributed by atoms with Crippen LogP contribution in [-0.2, 0) is 31.1 Å². The van der Waals surface area contributed by atoms with Gasteiger partial charge < -0.3 is 14.0 Å². The van der Waals surface area contributed by atoms with Gasteiger partial charge >= 0.3 is 0 Å². The van der Waals surface area contributed by atoms with Crippen molar-refractivity contribution in [2.75, 3.05) is 39.4 Å². The van der Waals surface area contributed by atoms with E-state index in [2.05, 4.69) is 103 Å². The van der Waals surface area contributed by atoms with Crippen LogP contribution in [0, 0.1) is 17.2 Å². The monoisotopic (exact) mass is 555 g/mol. The molecule has 3 aliphatic heterocycles. The van der Waals surface area contributed by atoms with Gasteiger partial charge in [-0.25, -0.2) is 0 Å². The highest BCUT2D eigenvalue weighted by molar-refractivity contribution is 5.47. The second-order valence-electron chi connectivity index (χ2n) is 12.4. The van der Waals surface area contributed by atoms with Crippen molar-refractivity contribution in [1.82, 2.24) is 0 Å². The molecule has 212 valence electrons. The third kappa shape index (κ3) is 4.97. The maximum absolute atomic E-state index is 11.0. The largest absolute Gasteiger partial charge is 0.493 e. The number of nitrogens with zero attached hydrogens (tertiary/aromatic N) is 2. The van der Waals surface area contributed by atoms with Gasteiger partial charge in [0.1, 0.15) is 16.9 Å². The number of ether oxygens (including phenoxy) is 2. The molecule has 0 bridgehead atoms. The number of quaternary nitrogens is 1. The first kappa shape index (κ1) is 26.8. The van der Waals surface area contributed by atoms with Crippen molar-refractivity contribution < 1.29 is 14.0 Å². The third-order valence-electron chi connectivity index (χ3n) is 10.1. The molecular weight excluding hydrogens is 516 g/mol. The molecule has 0 aromatic heterocycles. The Kier molecular flexibility index (Phi) is 7.22. The number of nitriles is 1. The molecule has 7 rings (SSSR count). The molecule has 0 unspecified atom stereocenters. The lowest BCUT2D eigenvalue weighted by Crippen LogP contribution is -2.50. The van der Waals surface area contributed by atoms with Gasteiger partial charge in [-0.05, 0) is 45.5 Å². The minimum atomic E-state index is -0.668. The van der Waals surface area contributed by atoms with Crippen LogP contribution in [0.15, 0.2) is 97.1 Å². The predicted octanol–water partition coefficient (Wildman–Crippen LogP) is 6.69. The lowest BCUT2D eigenvalue weighted by Gasteiger charge is -2.38. The van der Waals surface area contributed by atoms with Crippen LogP contribution >= 0.6 is 0 Å². The Balaban J connectivity index is 1.20. The highest BCUT2D eigenvalue weighted by Crippen LogP contribution is 2.45. The zero-order chi connectivity index (χ0) is 28.4. The maximum atomic E-state index is 11.0. The normalized spacial score (nSPS) is 18.5. The molecule has 0 radical (unpaired) electrons. The number of rotatable bonds is 9. The van der Waals surface area contributed by atoms with E-state index < -0.39 is 5.41 Å². The second kappa shape index (κ2) is 11.3. The molecule has 3 aliphatic rings. The van der Waals surface area contributed by atoms with E-state index in [0.29, 0.717) is 0 Å². The van der Waals surface area contributed by atoms with Crippen LogP contribution in [0.2, 0.25) is 0 Å². The molecule has 1 atom stereocenters. The Labute approximate surface area is 249 Å². The van der Waals surface area contributed by atoms with E-state index in [4.69, 9.17) is 9.47 Å². The summed E-state index contributed by atoms with van der Waals surface area (Å²) in [7, 11) is 0. The number of hydrogen-bond acceptors (Lipinski definition) is 3. The highest BCUT2D eigenvalue weighted by Gasteiger charge is 2.51. The molecule has 0 amide bonds. The Morgan fingerprint density at radius 2 is 1.24 bits per heavy atom. The van der Waals surface area contributed by atoms with E-state index in [1.165, 1.54) is 22.3 Å². The summed E-state index contributed by atoms with van der Waals surface area (Å²) < 4.78 is 12.6. The summed E-state index contributed by atoms with van der Waals surface area (Å²) in [6.45, 7) is 5.84.